The van der Waals surface area contributed by atoms with Gasteiger partial charge in [-0.15, -0.1) is 0 Å². The maximum Gasteiger partial charge on any atom is 0.246 e. The number of piperazine rings is 1. The number of nitrogens with one attached hydrogen (secondary N) is 1. The zero-order valence-corrected chi connectivity index (χ0v) is 11.1. The number of benzene rings is 1. The van der Waals surface area contributed by atoms with E-state index in [1.807, 2.05) is 31.2 Å². The van der Waals surface area contributed by atoms with Crippen LogP contribution >= 0.6 is 0 Å². The first-order valence-electron chi connectivity index (χ1n) is 6.81. The van der Waals surface area contributed by atoms with E-state index in [9.17, 15) is 9.59 Å². The second-order valence-corrected chi connectivity index (χ2v) is 5.44. The van der Waals surface area contributed by atoms with Crippen molar-refractivity contribution in [1.82, 2.24) is 10.2 Å². The molecule has 4 nitrogen and oxygen atoms in total. The van der Waals surface area contributed by atoms with E-state index in [2.05, 4.69) is 5.32 Å². The third-order valence-electron chi connectivity index (χ3n) is 4.01. The minimum atomic E-state index is -0.399. The number of amides is 2. The van der Waals surface area contributed by atoms with Crippen molar-refractivity contribution in [3.8, 4) is 0 Å². The summed E-state index contributed by atoms with van der Waals surface area (Å²) < 4.78 is 0. The molecule has 100 valence electrons. The summed E-state index contributed by atoms with van der Waals surface area (Å²) in [6.45, 7) is 2.76. The van der Waals surface area contributed by atoms with E-state index < -0.39 is 6.04 Å². The van der Waals surface area contributed by atoms with Gasteiger partial charge in [0.25, 0.3) is 0 Å². The number of aryl methyl sites for hydroxylation is 1. The summed E-state index contributed by atoms with van der Waals surface area (Å²) in [5.74, 6) is 0.0805. The lowest BCUT2D eigenvalue weighted by Crippen LogP contribution is -2.61. The van der Waals surface area contributed by atoms with Crippen LogP contribution in [-0.2, 0) is 16.0 Å². The summed E-state index contributed by atoms with van der Waals surface area (Å²) >= 11 is 0. The standard InChI is InChI=1S/C15H18N2O2/c1-10-4-6-11(7-5-10)9-12-15(19)17-8-2-3-13(17)14(18)16-12/h4-7,12-13H,2-3,8-9H2,1H3,(H,16,18). The highest BCUT2D eigenvalue weighted by atomic mass is 16.2. The lowest BCUT2D eigenvalue weighted by Gasteiger charge is -2.34. The van der Waals surface area contributed by atoms with Crippen LogP contribution < -0.4 is 5.32 Å². The fourth-order valence-corrected chi connectivity index (χ4v) is 2.93. The van der Waals surface area contributed by atoms with Gasteiger partial charge < -0.3 is 10.2 Å². The minimum Gasteiger partial charge on any atom is -0.342 e. The molecule has 0 aromatic heterocycles. The Morgan fingerprint density at radius 3 is 2.74 bits per heavy atom. The fourth-order valence-electron chi connectivity index (χ4n) is 2.93. The smallest absolute Gasteiger partial charge is 0.246 e. The number of carbonyl (C=O) groups is 2. The highest BCUT2D eigenvalue weighted by molar-refractivity contribution is 5.97. The molecular weight excluding hydrogens is 240 g/mol. The number of hydrogen-bond donors (Lipinski definition) is 1. The maximum absolute atomic E-state index is 12.3. The van der Waals surface area contributed by atoms with Gasteiger partial charge in [0.1, 0.15) is 12.1 Å². The largest absolute Gasteiger partial charge is 0.342 e. The Morgan fingerprint density at radius 2 is 2.00 bits per heavy atom. The molecule has 0 radical (unpaired) electrons. The average molecular weight is 258 g/mol. The van der Waals surface area contributed by atoms with Crippen LogP contribution in [0.15, 0.2) is 24.3 Å². The van der Waals surface area contributed by atoms with Gasteiger partial charge in [0.05, 0.1) is 0 Å². The van der Waals surface area contributed by atoms with Crippen LogP contribution in [0.1, 0.15) is 24.0 Å². The summed E-state index contributed by atoms with van der Waals surface area (Å²) in [7, 11) is 0. The topological polar surface area (TPSA) is 49.4 Å². The first kappa shape index (κ1) is 12.2. The fraction of sp³-hybridized carbons (Fsp3) is 0.467. The Labute approximate surface area is 112 Å². The third-order valence-corrected chi connectivity index (χ3v) is 4.01. The van der Waals surface area contributed by atoms with Crippen molar-refractivity contribution in [2.24, 2.45) is 0 Å². The van der Waals surface area contributed by atoms with Crippen molar-refractivity contribution >= 4 is 11.8 Å². The molecule has 2 aliphatic rings. The van der Waals surface area contributed by atoms with Gasteiger partial charge in [0.15, 0.2) is 0 Å². The predicted molar refractivity (Wildman–Crippen MR) is 71.5 cm³/mol. The molecule has 19 heavy (non-hydrogen) atoms. The van der Waals surface area contributed by atoms with Crippen molar-refractivity contribution in [1.29, 1.82) is 0 Å². The van der Waals surface area contributed by atoms with Crippen molar-refractivity contribution in [2.75, 3.05) is 6.54 Å². The lowest BCUT2D eigenvalue weighted by atomic mass is 10.0. The highest BCUT2D eigenvalue weighted by Crippen LogP contribution is 2.23. The molecule has 1 aromatic carbocycles. The Bertz CT molecular complexity index is 509. The van der Waals surface area contributed by atoms with E-state index in [0.29, 0.717) is 6.42 Å². The summed E-state index contributed by atoms with van der Waals surface area (Å²) in [5, 5.41) is 2.87. The van der Waals surface area contributed by atoms with Crippen LogP contribution in [0.2, 0.25) is 0 Å². The molecule has 2 fully saturated rings. The summed E-state index contributed by atoms with van der Waals surface area (Å²) in [6, 6.07) is 7.48. The van der Waals surface area contributed by atoms with Crippen molar-refractivity contribution in [2.45, 2.75) is 38.3 Å². The van der Waals surface area contributed by atoms with Gasteiger partial charge in [0.2, 0.25) is 11.8 Å². The van der Waals surface area contributed by atoms with Crippen molar-refractivity contribution < 1.29 is 9.59 Å². The normalized spacial score (nSPS) is 26.3. The van der Waals surface area contributed by atoms with Crippen LogP contribution in [-0.4, -0.2) is 35.3 Å². The van der Waals surface area contributed by atoms with Crippen LogP contribution in [0.4, 0.5) is 0 Å². The number of rotatable bonds is 2. The molecule has 2 amide bonds. The summed E-state index contributed by atoms with van der Waals surface area (Å²) in [5.41, 5.74) is 2.28. The zero-order chi connectivity index (χ0) is 13.4. The Kier molecular flexibility index (Phi) is 3.01. The summed E-state index contributed by atoms with van der Waals surface area (Å²) in [4.78, 5) is 26.1. The first-order valence-corrected chi connectivity index (χ1v) is 6.81. The molecule has 0 aliphatic carbocycles. The second kappa shape index (κ2) is 4.68. The third kappa shape index (κ3) is 2.23. The van der Waals surface area contributed by atoms with E-state index in [4.69, 9.17) is 0 Å². The zero-order valence-electron chi connectivity index (χ0n) is 11.1. The van der Waals surface area contributed by atoms with Gasteiger partial charge in [0, 0.05) is 13.0 Å². The van der Waals surface area contributed by atoms with Crippen LogP contribution in [0.25, 0.3) is 0 Å². The highest BCUT2D eigenvalue weighted by Gasteiger charge is 2.42. The molecule has 2 aliphatic heterocycles. The molecule has 0 spiro atoms. The molecule has 4 heteroatoms. The van der Waals surface area contributed by atoms with Gasteiger partial charge in [-0.1, -0.05) is 29.8 Å². The van der Waals surface area contributed by atoms with E-state index in [0.717, 1.165) is 24.9 Å². The first-order chi connectivity index (χ1) is 9.15. The second-order valence-electron chi connectivity index (χ2n) is 5.44. The van der Waals surface area contributed by atoms with Crippen molar-refractivity contribution in [3.05, 3.63) is 35.4 Å². The summed E-state index contributed by atoms with van der Waals surface area (Å²) in [6.07, 6.45) is 2.31. The molecule has 2 heterocycles. The SMILES string of the molecule is Cc1ccc(CC2NC(=O)C3CCCN3C2=O)cc1. The number of fused-ring (bicyclic) bond motifs is 1. The Balaban J connectivity index is 1.76. The van der Waals surface area contributed by atoms with Gasteiger partial charge in [-0.2, -0.15) is 0 Å². The lowest BCUT2D eigenvalue weighted by molar-refractivity contribution is -0.146. The average Bonchev–Trinajstić information content (AvgIpc) is 2.88. The van der Waals surface area contributed by atoms with Gasteiger partial charge in [-0.25, -0.2) is 0 Å². The predicted octanol–water partition coefficient (Wildman–Crippen LogP) is 1.03. The van der Waals surface area contributed by atoms with Gasteiger partial charge >= 0.3 is 0 Å². The molecule has 0 bridgehead atoms. The molecule has 2 unspecified atom stereocenters. The van der Waals surface area contributed by atoms with Crippen LogP contribution in [0, 0.1) is 6.92 Å². The molecule has 3 rings (SSSR count). The maximum atomic E-state index is 12.3. The van der Waals surface area contributed by atoms with E-state index in [1.165, 1.54) is 5.56 Å². The quantitative estimate of drug-likeness (QED) is 0.861. The molecule has 1 N–H and O–H groups in total. The van der Waals surface area contributed by atoms with Crippen LogP contribution in [0.3, 0.4) is 0 Å². The van der Waals surface area contributed by atoms with Gasteiger partial charge in [-0.05, 0) is 25.3 Å². The van der Waals surface area contributed by atoms with E-state index in [1.54, 1.807) is 4.90 Å². The Morgan fingerprint density at radius 1 is 1.26 bits per heavy atom. The molecule has 1 aromatic rings. The monoisotopic (exact) mass is 258 g/mol. The van der Waals surface area contributed by atoms with Crippen LogP contribution in [0.5, 0.6) is 0 Å². The number of carbonyl (C=O) groups excluding carboxylic acids is 2. The molecule has 0 saturated carbocycles. The molecule has 2 saturated heterocycles. The number of hydrogen-bond acceptors (Lipinski definition) is 2. The van der Waals surface area contributed by atoms with E-state index >= 15 is 0 Å². The van der Waals surface area contributed by atoms with E-state index in [-0.39, 0.29) is 17.9 Å². The minimum absolute atomic E-state index is 0.00853. The Hall–Kier alpha value is -1.84. The molecule has 2 atom stereocenters. The number of nitrogens with zero attached hydrogens (tertiary/aromatic N) is 1. The molecular formula is C15H18N2O2. The van der Waals surface area contributed by atoms with Gasteiger partial charge in [-0.3, -0.25) is 9.59 Å². The van der Waals surface area contributed by atoms with Crippen molar-refractivity contribution in [3.63, 3.8) is 0 Å².